The van der Waals surface area contributed by atoms with Crippen LogP contribution in [0.25, 0.3) is 0 Å². The number of benzene rings is 1. The van der Waals surface area contributed by atoms with Gasteiger partial charge in [-0.2, -0.15) is 0 Å². The Morgan fingerprint density at radius 2 is 2.14 bits per heavy atom. The van der Waals surface area contributed by atoms with E-state index in [0.29, 0.717) is 5.13 Å². The molecule has 0 bridgehead atoms. The first-order chi connectivity index (χ1) is 10.1. The average Bonchev–Trinajstić information content (AvgIpc) is 2.90. The fourth-order valence-electron chi connectivity index (χ4n) is 1.77. The second-order valence-corrected chi connectivity index (χ2v) is 5.27. The van der Waals surface area contributed by atoms with Crippen LogP contribution in [0.4, 0.5) is 20.0 Å². The van der Waals surface area contributed by atoms with Crippen LogP contribution in [0.5, 0.6) is 0 Å². The lowest BCUT2D eigenvalue weighted by atomic mass is 10.3. The number of hydrogen-bond acceptors (Lipinski definition) is 4. The topological polar surface area (TPSA) is 66.0 Å². The maximum absolute atomic E-state index is 13.4. The van der Waals surface area contributed by atoms with Crippen molar-refractivity contribution >= 4 is 28.2 Å². The maximum Gasteiger partial charge on any atom is 0.325 e. The Hall–Kier alpha value is -1.99. The van der Waals surface area contributed by atoms with Crippen molar-refractivity contribution in [3.8, 4) is 0 Å². The van der Waals surface area contributed by atoms with Crippen LogP contribution >= 0.6 is 11.3 Å². The molecule has 0 aliphatic heterocycles. The fourth-order valence-corrected chi connectivity index (χ4v) is 2.57. The molecule has 21 heavy (non-hydrogen) atoms. The Balaban J connectivity index is 1.96. The molecule has 0 spiro atoms. The van der Waals surface area contributed by atoms with Crippen molar-refractivity contribution in [2.45, 2.75) is 19.9 Å². The molecule has 1 aromatic carbocycles. The first kappa shape index (κ1) is 15.4. The summed E-state index contributed by atoms with van der Waals surface area (Å²) in [6.45, 7) is 4.86. The van der Waals surface area contributed by atoms with Gasteiger partial charge >= 0.3 is 6.03 Å². The zero-order valence-corrected chi connectivity index (χ0v) is 12.6. The highest BCUT2D eigenvalue weighted by atomic mass is 32.1. The van der Waals surface area contributed by atoms with Gasteiger partial charge in [-0.15, -0.1) is 11.3 Å². The van der Waals surface area contributed by atoms with E-state index in [4.69, 9.17) is 0 Å². The van der Waals surface area contributed by atoms with E-state index < -0.39 is 11.8 Å². The van der Waals surface area contributed by atoms with Gasteiger partial charge in [-0.3, -0.25) is 5.32 Å². The molecule has 1 heterocycles. The summed E-state index contributed by atoms with van der Waals surface area (Å²) in [4.78, 5) is 16.1. The summed E-state index contributed by atoms with van der Waals surface area (Å²) in [5, 5.41) is 10.6. The molecule has 5 nitrogen and oxygen atoms in total. The predicted octanol–water partition coefficient (Wildman–Crippen LogP) is 3.60. The van der Waals surface area contributed by atoms with Crippen molar-refractivity contribution in [1.29, 1.82) is 0 Å². The minimum absolute atomic E-state index is 0.122. The zero-order chi connectivity index (χ0) is 15.2. The Bertz CT molecular complexity index is 617. The van der Waals surface area contributed by atoms with Crippen LogP contribution in [-0.4, -0.2) is 17.6 Å². The van der Waals surface area contributed by atoms with Crippen molar-refractivity contribution in [3.05, 3.63) is 41.2 Å². The first-order valence-corrected chi connectivity index (χ1v) is 7.49. The number of halogens is 1. The van der Waals surface area contributed by atoms with Crippen molar-refractivity contribution in [3.63, 3.8) is 0 Å². The molecule has 2 rings (SSSR count). The molecule has 0 fully saturated rings. The highest BCUT2D eigenvalue weighted by molar-refractivity contribution is 7.13. The quantitative estimate of drug-likeness (QED) is 0.790. The number of anilines is 2. The fraction of sp³-hybridized carbons (Fsp3) is 0.286. The maximum atomic E-state index is 13.4. The van der Waals surface area contributed by atoms with Crippen LogP contribution in [0, 0.1) is 5.82 Å². The molecule has 2 amide bonds. The summed E-state index contributed by atoms with van der Waals surface area (Å²) in [6.07, 6.45) is 0. The van der Waals surface area contributed by atoms with Crippen LogP contribution < -0.4 is 16.0 Å². The number of thiazole rings is 1. The van der Waals surface area contributed by atoms with Crippen molar-refractivity contribution in [2.24, 2.45) is 0 Å². The molecule has 0 radical (unpaired) electrons. The number of rotatable bonds is 5. The molecule has 0 aliphatic carbocycles. The smallest absolute Gasteiger partial charge is 0.309 e. The molecule has 1 atom stereocenters. The van der Waals surface area contributed by atoms with Gasteiger partial charge in [0.05, 0.1) is 11.4 Å². The predicted molar refractivity (Wildman–Crippen MR) is 83.2 cm³/mol. The van der Waals surface area contributed by atoms with Gasteiger partial charge < -0.3 is 10.6 Å². The average molecular weight is 308 g/mol. The van der Waals surface area contributed by atoms with E-state index in [1.54, 1.807) is 12.1 Å². The second kappa shape index (κ2) is 7.14. The Labute approximate surface area is 126 Å². The highest BCUT2D eigenvalue weighted by Crippen LogP contribution is 2.21. The third-order valence-corrected chi connectivity index (χ3v) is 3.59. The molecule has 0 aliphatic rings. The van der Waals surface area contributed by atoms with Crippen LogP contribution in [-0.2, 0) is 0 Å². The van der Waals surface area contributed by atoms with E-state index in [9.17, 15) is 9.18 Å². The molecule has 0 saturated carbocycles. The Morgan fingerprint density at radius 3 is 2.86 bits per heavy atom. The Morgan fingerprint density at radius 1 is 1.38 bits per heavy atom. The number of carbonyl (C=O) groups is 1. The third-order valence-electron chi connectivity index (χ3n) is 2.82. The lowest BCUT2D eigenvalue weighted by molar-refractivity contribution is 0.262. The van der Waals surface area contributed by atoms with Crippen LogP contribution in [0.3, 0.4) is 0 Å². The van der Waals surface area contributed by atoms with Gasteiger partial charge in [0.15, 0.2) is 5.13 Å². The first-order valence-electron chi connectivity index (χ1n) is 6.61. The van der Waals surface area contributed by atoms with E-state index in [1.165, 1.54) is 23.5 Å². The number of urea groups is 1. The number of nitrogens with one attached hydrogen (secondary N) is 3. The normalized spacial score (nSPS) is 12.0. The molecule has 112 valence electrons. The summed E-state index contributed by atoms with van der Waals surface area (Å²) in [6, 6.07) is 5.60. The van der Waals surface area contributed by atoms with Crippen molar-refractivity contribution in [2.75, 3.05) is 17.2 Å². The molecule has 3 N–H and O–H groups in total. The Kier molecular flexibility index (Phi) is 5.24. The molecule has 0 saturated heterocycles. The van der Waals surface area contributed by atoms with Gasteiger partial charge in [-0.05, 0) is 25.6 Å². The van der Waals surface area contributed by atoms with Gasteiger partial charge in [0.2, 0.25) is 0 Å². The minimum atomic E-state index is -0.517. The number of para-hydroxylation sites is 1. The summed E-state index contributed by atoms with van der Waals surface area (Å²) in [5.74, 6) is -0.478. The van der Waals surface area contributed by atoms with Crippen LogP contribution in [0.1, 0.15) is 25.6 Å². The van der Waals surface area contributed by atoms with Crippen molar-refractivity contribution < 1.29 is 9.18 Å². The molecular weight excluding hydrogens is 291 g/mol. The largest absolute Gasteiger partial charge is 0.325 e. The van der Waals surface area contributed by atoms with E-state index in [1.807, 2.05) is 19.2 Å². The number of amides is 2. The van der Waals surface area contributed by atoms with Gasteiger partial charge in [0.25, 0.3) is 0 Å². The van der Waals surface area contributed by atoms with E-state index >= 15 is 0 Å². The molecule has 2 aromatic rings. The van der Waals surface area contributed by atoms with E-state index in [0.717, 1.165) is 12.2 Å². The van der Waals surface area contributed by atoms with Gasteiger partial charge in [-0.25, -0.2) is 14.2 Å². The lowest BCUT2D eigenvalue weighted by Gasteiger charge is -2.08. The molecule has 7 heteroatoms. The summed E-state index contributed by atoms with van der Waals surface area (Å²) in [7, 11) is 0. The summed E-state index contributed by atoms with van der Waals surface area (Å²) < 4.78 is 13.4. The number of hydrogen-bond donors (Lipinski definition) is 3. The second-order valence-electron chi connectivity index (χ2n) is 4.42. The van der Waals surface area contributed by atoms with Crippen LogP contribution in [0.15, 0.2) is 29.6 Å². The van der Waals surface area contributed by atoms with Gasteiger partial charge in [0, 0.05) is 11.4 Å². The number of aromatic nitrogens is 1. The number of carbonyl (C=O) groups excluding carboxylic acids is 1. The van der Waals surface area contributed by atoms with E-state index in [2.05, 4.69) is 20.9 Å². The molecular formula is C14H17FN4OS. The van der Waals surface area contributed by atoms with Crippen molar-refractivity contribution in [1.82, 2.24) is 10.3 Å². The lowest BCUT2D eigenvalue weighted by Crippen LogP contribution is -2.20. The van der Waals surface area contributed by atoms with Gasteiger partial charge in [-0.1, -0.05) is 19.1 Å². The molecule has 1 aromatic heterocycles. The summed E-state index contributed by atoms with van der Waals surface area (Å²) >= 11 is 1.33. The molecule has 1 unspecified atom stereocenters. The number of nitrogens with zero attached hydrogens (tertiary/aromatic N) is 1. The van der Waals surface area contributed by atoms with Gasteiger partial charge in [0.1, 0.15) is 5.82 Å². The van der Waals surface area contributed by atoms with Crippen LogP contribution in [0.2, 0.25) is 0 Å². The standard InChI is InChI=1S/C14H17FN4OS/c1-3-16-9(2)12-8-21-14(18-12)19-13(20)17-11-7-5-4-6-10(11)15/h4-9,16H,3H2,1-2H3,(H2,17,18,19,20). The zero-order valence-electron chi connectivity index (χ0n) is 11.8. The SMILES string of the molecule is CCNC(C)c1csc(NC(=O)Nc2ccccc2F)n1. The van der Waals surface area contributed by atoms with E-state index in [-0.39, 0.29) is 11.7 Å². The monoisotopic (exact) mass is 308 g/mol. The minimum Gasteiger partial charge on any atom is -0.309 e. The highest BCUT2D eigenvalue weighted by Gasteiger charge is 2.11. The third kappa shape index (κ3) is 4.24. The summed E-state index contributed by atoms with van der Waals surface area (Å²) in [5.41, 5.74) is 0.996.